The minimum Gasteiger partial charge on any atom is -0.493 e. The fraction of sp³-hybridized carbons (Fsp3) is 0.381. The molecule has 1 amide bonds. The van der Waals surface area contributed by atoms with Gasteiger partial charge in [-0.2, -0.15) is 0 Å². The summed E-state index contributed by atoms with van der Waals surface area (Å²) in [6, 6.07) is 9.89. The Morgan fingerprint density at radius 1 is 1.10 bits per heavy atom. The second kappa shape index (κ2) is 9.76. The predicted octanol–water partition coefficient (Wildman–Crippen LogP) is 2.80. The van der Waals surface area contributed by atoms with Crippen LogP contribution in [0.15, 0.2) is 36.4 Å². The van der Waals surface area contributed by atoms with E-state index in [0.29, 0.717) is 42.8 Å². The number of amides is 1. The Morgan fingerprint density at radius 3 is 2.23 bits per heavy atom. The fourth-order valence-corrected chi connectivity index (χ4v) is 4.34. The second-order valence-electron chi connectivity index (χ2n) is 7.03. The highest BCUT2D eigenvalue weighted by Gasteiger charge is 2.29. The summed E-state index contributed by atoms with van der Waals surface area (Å²) in [5.41, 5.74) is 1.14. The minimum atomic E-state index is -3.75. The van der Waals surface area contributed by atoms with Crippen LogP contribution in [0.25, 0.3) is 0 Å². The molecule has 1 aliphatic rings. The molecular weight excluding hydrogens is 444 g/mol. The Labute approximate surface area is 187 Å². The van der Waals surface area contributed by atoms with Crippen molar-refractivity contribution in [3.63, 3.8) is 0 Å². The molecule has 2 aromatic carbocycles. The summed E-state index contributed by atoms with van der Waals surface area (Å²) in [4.78, 5) is 15.0. The first kappa shape index (κ1) is 23.2. The quantitative estimate of drug-likeness (QED) is 0.621. The van der Waals surface area contributed by atoms with Gasteiger partial charge in [-0.1, -0.05) is 23.7 Å². The summed E-state index contributed by atoms with van der Waals surface area (Å²) < 4.78 is 42.8. The minimum absolute atomic E-state index is 0.0227. The van der Waals surface area contributed by atoms with Gasteiger partial charge in [-0.25, -0.2) is 8.42 Å². The smallest absolute Gasteiger partial charge is 0.256 e. The lowest BCUT2D eigenvalue weighted by atomic mass is 10.1. The molecule has 0 saturated carbocycles. The van der Waals surface area contributed by atoms with Crippen molar-refractivity contribution in [2.75, 3.05) is 51.1 Å². The number of sulfonamides is 1. The van der Waals surface area contributed by atoms with Crippen molar-refractivity contribution in [3.05, 3.63) is 52.5 Å². The molecule has 0 spiro atoms. The van der Waals surface area contributed by atoms with Crippen molar-refractivity contribution < 1.29 is 27.4 Å². The van der Waals surface area contributed by atoms with E-state index in [0.717, 1.165) is 11.8 Å². The van der Waals surface area contributed by atoms with Gasteiger partial charge in [0.2, 0.25) is 10.0 Å². The zero-order chi connectivity index (χ0) is 22.6. The molecule has 0 aliphatic carbocycles. The maximum absolute atomic E-state index is 13.4. The number of nitrogens with zero attached hydrogens (tertiary/aromatic N) is 2. The van der Waals surface area contributed by atoms with Crippen molar-refractivity contribution in [2.45, 2.75) is 6.54 Å². The zero-order valence-corrected chi connectivity index (χ0v) is 19.2. The number of rotatable bonds is 7. The highest BCUT2D eigenvalue weighted by atomic mass is 35.5. The molecule has 3 rings (SSSR count). The lowest BCUT2D eigenvalue weighted by molar-refractivity contribution is 0.0303. The molecule has 0 aromatic heterocycles. The molecule has 1 saturated heterocycles. The number of morpholine rings is 1. The molecule has 10 heteroatoms. The van der Waals surface area contributed by atoms with Crippen LogP contribution in [0.5, 0.6) is 11.5 Å². The van der Waals surface area contributed by atoms with E-state index in [1.807, 2.05) is 0 Å². The Balaban J connectivity index is 2.13. The van der Waals surface area contributed by atoms with Crippen molar-refractivity contribution in [1.82, 2.24) is 4.90 Å². The van der Waals surface area contributed by atoms with Crippen molar-refractivity contribution >= 4 is 33.2 Å². The van der Waals surface area contributed by atoms with Crippen LogP contribution in [0.3, 0.4) is 0 Å². The number of carbonyl (C=O) groups is 1. The Morgan fingerprint density at radius 2 is 1.68 bits per heavy atom. The van der Waals surface area contributed by atoms with Gasteiger partial charge in [0.1, 0.15) is 0 Å². The monoisotopic (exact) mass is 468 g/mol. The van der Waals surface area contributed by atoms with Crippen LogP contribution in [0.2, 0.25) is 5.02 Å². The number of hydrogen-bond acceptors (Lipinski definition) is 6. The lowest BCUT2D eigenvalue weighted by Crippen LogP contribution is -2.41. The molecule has 0 N–H and O–H groups in total. The van der Waals surface area contributed by atoms with Crippen molar-refractivity contribution in [1.29, 1.82) is 0 Å². The third-order valence-electron chi connectivity index (χ3n) is 4.94. The zero-order valence-electron chi connectivity index (χ0n) is 17.6. The molecular formula is C21H25ClN2O6S. The van der Waals surface area contributed by atoms with E-state index in [4.69, 9.17) is 25.8 Å². The van der Waals surface area contributed by atoms with E-state index in [9.17, 15) is 13.2 Å². The summed E-state index contributed by atoms with van der Waals surface area (Å²) in [7, 11) is -0.835. The van der Waals surface area contributed by atoms with Gasteiger partial charge in [-0.3, -0.25) is 9.10 Å². The third-order valence-corrected chi connectivity index (χ3v) is 6.32. The molecule has 0 atom stereocenters. The SMILES string of the molecule is COc1cc(C(=O)N2CCOCC2)c(N(Cc2ccc(Cl)cc2)S(C)(=O)=O)cc1OC. The first-order chi connectivity index (χ1) is 14.7. The van der Waals surface area contributed by atoms with E-state index in [1.54, 1.807) is 29.2 Å². The summed E-state index contributed by atoms with van der Waals surface area (Å²) in [5.74, 6) is 0.354. The third kappa shape index (κ3) is 5.41. The molecule has 2 aromatic rings. The van der Waals surface area contributed by atoms with E-state index < -0.39 is 10.0 Å². The van der Waals surface area contributed by atoms with Gasteiger partial charge in [-0.15, -0.1) is 0 Å². The first-order valence-corrected chi connectivity index (χ1v) is 11.8. The largest absolute Gasteiger partial charge is 0.493 e. The van der Waals surface area contributed by atoms with Gasteiger partial charge in [0.15, 0.2) is 11.5 Å². The molecule has 8 nitrogen and oxygen atoms in total. The Hall–Kier alpha value is -2.49. The number of halogens is 1. The number of methoxy groups -OCH3 is 2. The van der Waals surface area contributed by atoms with Crippen LogP contribution in [0.1, 0.15) is 15.9 Å². The maximum atomic E-state index is 13.4. The standard InChI is InChI=1S/C21H25ClN2O6S/c1-28-19-12-17(21(25)23-8-10-30-11-9-23)18(13-20(19)29-2)24(31(3,26)27)14-15-4-6-16(22)7-5-15/h4-7,12-13H,8-11,14H2,1-3H3. The van der Waals surface area contributed by atoms with Crippen LogP contribution in [0.4, 0.5) is 5.69 Å². The summed E-state index contributed by atoms with van der Waals surface area (Å²) in [5, 5.41) is 0.545. The van der Waals surface area contributed by atoms with Gasteiger partial charge >= 0.3 is 0 Å². The van der Waals surface area contributed by atoms with Crippen molar-refractivity contribution in [2.24, 2.45) is 0 Å². The second-order valence-corrected chi connectivity index (χ2v) is 9.37. The van der Waals surface area contributed by atoms with E-state index in [2.05, 4.69) is 0 Å². The van der Waals surface area contributed by atoms with Gasteiger partial charge in [0.25, 0.3) is 5.91 Å². The van der Waals surface area contributed by atoms with E-state index in [-0.39, 0.29) is 23.7 Å². The number of carbonyl (C=O) groups excluding carboxylic acids is 1. The topological polar surface area (TPSA) is 85.4 Å². The average Bonchev–Trinajstić information content (AvgIpc) is 2.77. The summed E-state index contributed by atoms with van der Waals surface area (Å²) >= 11 is 5.96. The highest BCUT2D eigenvalue weighted by Crippen LogP contribution is 2.37. The lowest BCUT2D eigenvalue weighted by Gasteiger charge is -2.30. The molecule has 168 valence electrons. The number of hydrogen-bond donors (Lipinski definition) is 0. The Bertz CT molecular complexity index is 1040. The van der Waals surface area contributed by atoms with E-state index >= 15 is 0 Å². The van der Waals surface area contributed by atoms with E-state index in [1.165, 1.54) is 30.7 Å². The van der Waals surface area contributed by atoms with Crippen LogP contribution in [-0.2, 0) is 21.3 Å². The summed E-state index contributed by atoms with van der Waals surface area (Å²) in [6.07, 6.45) is 1.10. The van der Waals surface area contributed by atoms with Crippen LogP contribution < -0.4 is 13.8 Å². The fourth-order valence-electron chi connectivity index (χ4n) is 3.32. The van der Waals surface area contributed by atoms with Crippen molar-refractivity contribution in [3.8, 4) is 11.5 Å². The van der Waals surface area contributed by atoms with Crippen LogP contribution >= 0.6 is 11.6 Å². The van der Waals surface area contributed by atoms with Crippen LogP contribution in [-0.4, -0.2) is 66.0 Å². The van der Waals surface area contributed by atoms with Gasteiger partial charge in [0.05, 0.1) is 51.5 Å². The number of ether oxygens (including phenoxy) is 3. The normalized spacial score (nSPS) is 14.3. The number of anilines is 1. The Kier molecular flexibility index (Phi) is 7.30. The summed E-state index contributed by atoms with van der Waals surface area (Å²) in [6.45, 7) is 1.71. The highest BCUT2D eigenvalue weighted by molar-refractivity contribution is 7.92. The maximum Gasteiger partial charge on any atom is 0.256 e. The molecule has 31 heavy (non-hydrogen) atoms. The molecule has 0 bridgehead atoms. The first-order valence-electron chi connectivity index (χ1n) is 9.59. The number of benzene rings is 2. The molecule has 1 heterocycles. The van der Waals surface area contributed by atoms with Gasteiger partial charge in [0, 0.05) is 24.2 Å². The van der Waals surface area contributed by atoms with Crippen LogP contribution in [0, 0.1) is 0 Å². The van der Waals surface area contributed by atoms with Gasteiger partial charge in [-0.05, 0) is 23.8 Å². The molecule has 1 aliphatic heterocycles. The molecule has 0 unspecified atom stereocenters. The molecule has 0 radical (unpaired) electrons. The van der Waals surface area contributed by atoms with Gasteiger partial charge < -0.3 is 19.1 Å². The molecule has 1 fully saturated rings. The predicted molar refractivity (Wildman–Crippen MR) is 119 cm³/mol. The average molecular weight is 469 g/mol.